The van der Waals surface area contributed by atoms with Crippen LogP contribution in [0, 0.1) is 16.5 Å². The maximum Gasteiger partial charge on any atom is 0.284 e. The van der Waals surface area contributed by atoms with Gasteiger partial charge < -0.3 is 4.42 Å². The van der Waals surface area contributed by atoms with Gasteiger partial charge in [-0.25, -0.2) is 13.9 Å². The van der Waals surface area contributed by atoms with Gasteiger partial charge in [0.2, 0.25) is 5.89 Å². The van der Waals surface area contributed by atoms with Gasteiger partial charge >= 0.3 is 0 Å². The number of benzene rings is 1. The average molecular weight is 228 g/mol. The van der Waals surface area contributed by atoms with Gasteiger partial charge in [-0.15, -0.1) is 5.10 Å². The van der Waals surface area contributed by atoms with Crippen molar-refractivity contribution in [1.29, 1.82) is 0 Å². The lowest BCUT2D eigenvalue weighted by Crippen LogP contribution is -1.97. The molecule has 0 unspecified atom stereocenters. The molecule has 0 fully saturated rings. The van der Waals surface area contributed by atoms with Gasteiger partial charge in [0.25, 0.3) is 4.84 Å². The van der Waals surface area contributed by atoms with E-state index in [-0.39, 0.29) is 22.7 Å². The predicted molar refractivity (Wildman–Crippen MR) is 50.9 cm³/mol. The van der Waals surface area contributed by atoms with Crippen LogP contribution in [0.25, 0.3) is 0 Å². The number of nitrogens with zero attached hydrogens (tertiary/aromatic N) is 1. The lowest BCUT2D eigenvalue weighted by Gasteiger charge is -2.00. The largest absolute Gasteiger partial charge is 0.414 e. The van der Waals surface area contributed by atoms with Crippen molar-refractivity contribution in [3.63, 3.8) is 0 Å². The Balaban J connectivity index is 2.35. The van der Waals surface area contributed by atoms with Crippen LogP contribution < -0.4 is 0 Å². The number of nitrogens with one attached hydrogen (secondary N) is 1. The quantitative estimate of drug-likeness (QED) is 0.803. The van der Waals surface area contributed by atoms with Crippen molar-refractivity contribution in [2.45, 2.75) is 6.42 Å². The summed E-state index contributed by atoms with van der Waals surface area (Å²) in [6.45, 7) is 0. The second kappa shape index (κ2) is 3.90. The maximum atomic E-state index is 13.2. The van der Waals surface area contributed by atoms with Crippen molar-refractivity contribution in [3.05, 3.63) is 46.1 Å². The highest BCUT2D eigenvalue weighted by molar-refractivity contribution is 7.71. The van der Waals surface area contributed by atoms with Crippen LogP contribution >= 0.6 is 12.2 Å². The first-order valence-corrected chi connectivity index (χ1v) is 4.55. The van der Waals surface area contributed by atoms with Crippen molar-refractivity contribution >= 4 is 12.2 Å². The molecule has 2 aromatic rings. The van der Waals surface area contributed by atoms with Crippen molar-refractivity contribution in [2.75, 3.05) is 0 Å². The summed E-state index contributed by atoms with van der Waals surface area (Å²) in [6.07, 6.45) is -0.0638. The molecule has 0 bridgehead atoms. The Hall–Kier alpha value is -1.56. The zero-order chi connectivity index (χ0) is 10.8. The van der Waals surface area contributed by atoms with Crippen LogP contribution in [0.3, 0.4) is 0 Å². The van der Waals surface area contributed by atoms with Crippen LogP contribution in [-0.4, -0.2) is 10.2 Å². The summed E-state index contributed by atoms with van der Waals surface area (Å²) in [7, 11) is 0. The van der Waals surface area contributed by atoms with E-state index in [2.05, 4.69) is 22.4 Å². The zero-order valence-corrected chi connectivity index (χ0v) is 8.28. The van der Waals surface area contributed by atoms with Gasteiger partial charge in [0.1, 0.15) is 11.6 Å². The van der Waals surface area contributed by atoms with Crippen LogP contribution in [0.1, 0.15) is 11.5 Å². The van der Waals surface area contributed by atoms with E-state index in [9.17, 15) is 8.78 Å². The van der Waals surface area contributed by atoms with Gasteiger partial charge in [-0.05, 0) is 24.4 Å². The molecule has 0 radical (unpaired) electrons. The third kappa shape index (κ3) is 2.10. The van der Waals surface area contributed by atoms with Crippen LogP contribution in [0.4, 0.5) is 8.78 Å². The fraction of sp³-hybridized carbons (Fsp3) is 0.111. The van der Waals surface area contributed by atoms with Gasteiger partial charge in [0, 0.05) is 5.56 Å². The number of hydrogen-bond acceptors (Lipinski definition) is 3. The molecule has 15 heavy (non-hydrogen) atoms. The molecule has 0 saturated heterocycles. The van der Waals surface area contributed by atoms with Crippen LogP contribution in [0.5, 0.6) is 0 Å². The van der Waals surface area contributed by atoms with E-state index in [0.29, 0.717) is 0 Å². The van der Waals surface area contributed by atoms with Crippen LogP contribution in [0.15, 0.2) is 22.6 Å². The molecule has 1 aromatic heterocycles. The molecule has 0 aliphatic carbocycles. The Morgan fingerprint density at radius 1 is 1.33 bits per heavy atom. The van der Waals surface area contributed by atoms with Gasteiger partial charge in [-0.2, -0.15) is 0 Å². The summed E-state index contributed by atoms with van der Waals surface area (Å²) in [4.78, 5) is 0.0850. The number of hydrogen-bond donors (Lipinski definition) is 1. The highest BCUT2D eigenvalue weighted by Crippen LogP contribution is 2.15. The van der Waals surface area contributed by atoms with Gasteiger partial charge in [0.15, 0.2) is 0 Å². The van der Waals surface area contributed by atoms with Gasteiger partial charge in [-0.3, -0.25) is 0 Å². The summed E-state index contributed by atoms with van der Waals surface area (Å²) >= 11 is 4.64. The fourth-order valence-electron chi connectivity index (χ4n) is 1.19. The second-order valence-electron chi connectivity index (χ2n) is 2.88. The van der Waals surface area contributed by atoms with E-state index in [0.717, 1.165) is 0 Å². The summed E-state index contributed by atoms with van der Waals surface area (Å²) in [6, 6.07) is 3.66. The standard InChI is InChI=1S/C9H6F2N2OS/c10-6-2-1-3-7(11)5(6)4-8-12-13-9(15)14-8/h1-3H,4H2,(H,13,15). The third-order valence-electron chi connectivity index (χ3n) is 1.87. The first kappa shape index (κ1) is 9.97. The molecule has 0 aliphatic heterocycles. The van der Waals surface area contributed by atoms with E-state index in [1.807, 2.05) is 0 Å². The number of halogens is 2. The average Bonchev–Trinajstić information content (AvgIpc) is 2.58. The minimum atomic E-state index is -0.626. The molecule has 78 valence electrons. The fourth-order valence-corrected chi connectivity index (χ4v) is 1.33. The Bertz CT molecular complexity index is 515. The normalized spacial score (nSPS) is 10.5. The number of aromatic nitrogens is 2. The van der Waals surface area contributed by atoms with E-state index < -0.39 is 11.6 Å². The Morgan fingerprint density at radius 2 is 2.00 bits per heavy atom. The molecule has 0 atom stereocenters. The van der Waals surface area contributed by atoms with Gasteiger partial charge in [-0.1, -0.05) is 6.07 Å². The molecular formula is C9H6F2N2OS. The molecule has 2 rings (SSSR count). The summed E-state index contributed by atoms with van der Waals surface area (Å²) in [5.41, 5.74) is -0.0808. The maximum absolute atomic E-state index is 13.2. The Kier molecular flexibility index (Phi) is 2.59. The van der Waals surface area contributed by atoms with Crippen molar-refractivity contribution in [3.8, 4) is 0 Å². The monoisotopic (exact) mass is 228 g/mol. The summed E-state index contributed by atoms with van der Waals surface area (Å²) in [5.74, 6) is -1.10. The molecular weight excluding hydrogens is 222 g/mol. The molecule has 3 nitrogen and oxygen atoms in total. The summed E-state index contributed by atoms with van der Waals surface area (Å²) < 4.78 is 31.3. The Labute approximate surface area is 88.7 Å². The lowest BCUT2D eigenvalue weighted by molar-refractivity contribution is 0.479. The molecule has 1 heterocycles. The topological polar surface area (TPSA) is 41.8 Å². The molecule has 0 saturated carbocycles. The smallest absolute Gasteiger partial charge is 0.284 e. The second-order valence-corrected chi connectivity index (χ2v) is 3.25. The number of aromatic amines is 1. The van der Waals surface area contributed by atoms with Crippen molar-refractivity contribution < 1.29 is 13.2 Å². The number of H-pyrrole nitrogens is 1. The highest BCUT2D eigenvalue weighted by Gasteiger charge is 2.11. The third-order valence-corrected chi connectivity index (χ3v) is 2.05. The Morgan fingerprint density at radius 3 is 2.53 bits per heavy atom. The van der Waals surface area contributed by atoms with E-state index in [1.54, 1.807) is 0 Å². The number of rotatable bonds is 2. The predicted octanol–water partition coefficient (Wildman–Crippen LogP) is 2.60. The molecule has 6 heteroatoms. The molecule has 0 amide bonds. The lowest BCUT2D eigenvalue weighted by atomic mass is 10.1. The highest BCUT2D eigenvalue weighted by atomic mass is 32.1. The first-order valence-electron chi connectivity index (χ1n) is 4.14. The minimum Gasteiger partial charge on any atom is -0.414 e. The van der Waals surface area contributed by atoms with Gasteiger partial charge in [0.05, 0.1) is 6.42 Å². The van der Waals surface area contributed by atoms with Crippen molar-refractivity contribution in [2.24, 2.45) is 0 Å². The zero-order valence-electron chi connectivity index (χ0n) is 7.46. The van der Waals surface area contributed by atoms with E-state index in [1.165, 1.54) is 18.2 Å². The molecule has 0 aliphatic rings. The first-order chi connectivity index (χ1) is 7.16. The van der Waals surface area contributed by atoms with Crippen molar-refractivity contribution in [1.82, 2.24) is 10.2 Å². The van der Waals surface area contributed by atoms with E-state index in [4.69, 9.17) is 4.42 Å². The summed E-state index contributed by atoms with van der Waals surface area (Å²) in [5, 5.41) is 6.05. The molecule has 0 spiro atoms. The van der Waals surface area contributed by atoms with E-state index >= 15 is 0 Å². The minimum absolute atomic E-state index is 0.0638. The van der Waals surface area contributed by atoms with Crippen LogP contribution in [-0.2, 0) is 6.42 Å². The SMILES string of the molecule is Fc1cccc(F)c1Cc1n[nH]c(=S)o1. The van der Waals surface area contributed by atoms with Crippen LogP contribution in [0.2, 0.25) is 0 Å². The molecule has 1 N–H and O–H groups in total. The molecule has 1 aromatic carbocycles.